The number of aromatic nitrogens is 2. The van der Waals surface area contributed by atoms with E-state index in [-0.39, 0.29) is 11.1 Å². The Morgan fingerprint density at radius 2 is 1.78 bits per heavy atom. The molecule has 2 aromatic rings. The van der Waals surface area contributed by atoms with Crippen LogP contribution in [0.2, 0.25) is 0 Å². The zero-order valence-corrected chi connectivity index (χ0v) is 17.3. The van der Waals surface area contributed by atoms with Gasteiger partial charge in [0.05, 0.1) is 17.3 Å². The summed E-state index contributed by atoms with van der Waals surface area (Å²) in [5.41, 5.74) is 8.50. The van der Waals surface area contributed by atoms with Crippen molar-refractivity contribution in [3.8, 4) is 0 Å². The minimum absolute atomic E-state index is 0.0988. The van der Waals surface area contributed by atoms with Crippen LogP contribution in [0.25, 0.3) is 16.6 Å². The summed E-state index contributed by atoms with van der Waals surface area (Å²) in [6.45, 7) is 11.3. The first-order valence-corrected chi connectivity index (χ1v) is 9.80. The molecule has 3 heterocycles. The van der Waals surface area contributed by atoms with Gasteiger partial charge in [0.15, 0.2) is 0 Å². The summed E-state index contributed by atoms with van der Waals surface area (Å²) in [6.07, 6.45) is 8.66. The molecule has 1 aromatic heterocycles. The molecule has 2 aliphatic heterocycles. The van der Waals surface area contributed by atoms with Crippen LogP contribution in [0.3, 0.4) is 0 Å². The molecule has 2 N–H and O–H groups in total. The number of hydrogen-bond acceptors (Lipinski definition) is 4. The smallest absolute Gasteiger partial charge is 0.0923 e. The van der Waals surface area contributed by atoms with Gasteiger partial charge in [-0.2, -0.15) is 5.10 Å². The molecule has 2 aliphatic rings. The monoisotopic (exact) mass is 365 g/mol. The zero-order valence-electron chi connectivity index (χ0n) is 17.3. The molecule has 1 aromatic carbocycles. The third-order valence-corrected chi connectivity index (χ3v) is 5.50. The van der Waals surface area contributed by atoms with Gasteiger partial charge in [0.25, 0.3) is 0 Å². The first-order chi connectivity index (χ1) is 12.6. The summed E-state index contributed by atoms with van der Waals surface area (Å²) in [5.74, 6) is 0. The number of rotatable bonds is 2. The fourth-order valence-electron chi connectivity index (χ4n) is 4.85. The van der Waals surface area contributed by atoms with Crippen LogP contribution in [0.5, 0.6) is 0 Å². The highest BCUT2D eigenvalue weighted by molar-refractivity contribution is 5.83. The average molecular weight is 366 g/mol. The van der Waals surface area contributed by atoms with Gasteiger partial charge in [-0.3, -0.25) is 9.69 Å². The van der Waals surface area contributed by atoms with Crippen LogP contribution in [-0.2, 0) is 7.05 Å². The van der Waals surface area contributed by atoms with E-state index >= 15 is 0 Å². The maximum atomic E-state index is 4.51. The van der Waals surface area contributed by atoms with E-state index in [0.717, 1.165) is 18.4 Å². The van der Waals surface area contributed by atoms with E-state index in [4.69, 9.17) is 0 Å². The highest BCUT2D eigenvalue weighted by atomic mass is 15.5. The van der Waals surface area contributed by atoms with E-state index in [9.17, 15) is 0 Å². The lowest BCUT2D eigenvalue weighted by Crippen LogP contribution is -2.63. The topological polar surface area (TPSA) is 45.1 Å². The number of nitrogens with zero attached hydrogens (tertiary/aromatic N) is 3. The number of hydrogen-bond donors (Lipinski definition) is 2. The summed E-state index contributed by atoms with van der Waals surface area (Å²) in [5, 5.41) is 11.9. The predicted octanol–water partition coefficient (Wildman–Crippen LogP) is 3.95. The van der Waals surface area contributed by atoms with Gasteiger partial charge in [0.1, 0.15) is 0 Å². The third-order valence-electron chi connectivity index (χ3n) is 5.50. The van der Waals surface area contributed by atoms with Crippen molar-refractivity contribution in [2.24, 2.45) is 7.05 Å². The van der Waals surface area contributed by atoms with Crippen molar-refractivity contribution in [1.82, 2.24) is 25.5 Å². The van der Waals surface area contributed by atoms with Crippen molar-refractivity contribution in [2.75, 3.05) is 0 Å². The number of fused-ring (bicyclic) bond motifs is 1. The van der Waals surface area contributed by atoms with Gasteiger partial charge in [-0.1, -0.05) is 6.07 Å². The predicted molar refractivity (Wildman–Crippen MR) is 112 cm³/mol. The standard InChI is InChI=1S/C22H31N5/c1-15-7-10-20(16-8-9-19-17(11-16)14-26(6)24-19)27(23-15)18-12-21(2,3)25-22(4,5)13-18/h7-11,14,18,23,25H,12-13H2,1-6H3. The van der Waals surface area contributed by atoms with Gasteiger partial charge in [-0.15, -0.1) is 0 Å². The Balaban J connectivity index is 1.72. The first kappa shape index (κ1) is 18.1. The van der Waals surface area contributed by atoms with Gasteiger partial charge in [-0.05, 0) is 71.7 Å². The molecule has 144 valence electrons. The lowest BCUT2D eigenvalue weighted by atomic mass is 9.79. The SMILES string of the molecule is CC1=CC=C(c2ccc3nn(C)cc3c2)N(C2CC(C)(C)NC(C)(C)C2)N1. The van der Waals surface area contributed by atoms with E-state index in [1.54, 1.807) is 0 Å². The van der Waals surface area contributed by atoms with E-state index in [0.29, 0.717) is 6.04 Å². The molecule has 1 fully saturated rings. The Morgan fingerprint density at radius 1 is 1.07 bits per heavy atom. The van der Waals surface area contributed by atoms with Crippen molar-refractivity contribution in [2.45, 2.75) is 64.6 Å². The fourth-order valence-corrected chi connectivity index (χ4v) is 4.85. The lowest BCUT2D eigenvalue weighted by Gasteiger charge is -2.51. The van der Waals surface area contributed by atoms with Gasteiger partial charge in [0.2, 0.25) is 0 Å². The Hall–Kier alpha value is -2.27. The second-order valence-corrected chi connectivity index (χ2v) is 9.41. The number of piperidine rings is 1. The first-order valence-electron chi connectivity index (χ1n) is 9.80. The van der Waals surface area contributed by atoms with Crippen LogP contribution in [0, 0.1) is 0 Å². The summed E-state index contributed by atoms with van der Waals surface area (Å²) < 4.78 is 1.88. The van der Waals surface area contributed by atoms with Crippen LogP contribution in [-0.4, -0.2) is 31.9 Å². The summed E-state index contributed by atoms with van der Waals surface area (Å²) >= 11 is 0. The summed E-state index contributed by atoms with van der Waals surface area (Å²) in [4.78, 5) is 0. The molecule has 0 bridgehead atoms. The number of benzene rings is 1. The Kier molecular flexibility index (Phi) is 4.11. The molecule has 0 saturated carbocycles. The van der Waals surface area contributed by atoms with Crippen LogP contribution in [0.4, 0.5) is 0 Å². The molecule has 5 nitrogen and oxygen atoms in total. The molecule has 0 spiro atoms. The van der Waals surface area contributed by atoms with Crippen LogP contribution >= 0.6 is 0 Å². The normalized spacial score (nSPS) is 22.4. The number of nitrogens with one attached hydrogen (secondary N) is 2. The Morgan fingerprint density at radius 3 is 2.48 bits per heavy atom. The molecule has 0 amide bonds. The molecule has 0 unspecified atom stereocenters. The van der Waals surface area contributed by atoms with Crippen molar-refractivity contribution in [1.29, 1.82) is 0 Å². The van der Waals surface area contributed by atoms with Gasteiger partial charge < -0.3 is 10.7 Å². The third kappa shape index (κ3) is 3.61. The largest absolute Gasteiger partial charge is 0.307 e. The van der Waals surface area contributed by atoms with E-state index in [1.165, 1.54) is 22.3 Å². The summed E-state index contributed by atoms with van der Waals surface area (Å²) in [6, 6.07) is 6.96. The second kappa shape index (κ2) is 6.13. The molecule has 0 radical (unpaired) electrons. The Bertz CT molecular complexity index is 915. The second-order valence-electron chi connectivity index (χ2n) is 9.41. The van der Waals surface area contributed by atoms with E-state index in [1.807, 2.05) is 11.7 Å². The van der Waals surface area contributed by atoms with Gasteiger partial charge >= 0.3 is 0 Å². The van der Waals surface area contributed by atoms with Crippen LogP contribution in [0.1, 0.15) is 53.0 Å². The molecule has 5 heteroatoms. The van der Waals surface area contributed by atoms with Gasteiger partial charge in [-0.25, -0.2) is 0 Å². The number of hydrazine groups is 1. The molecule has 1 saturated heterocycles. The van der Waals surface area contributed by atoms with Crippen molar-refractivity contribution < 1.29 is 0 Å². The van der Waals surface area contributed by atoms with Crippen molar-refractivity contribution in [3.05, 3.63) is 47.8 Å². The minimum Gasteiger partial charge on any atom is -0.307 e. The quantitative estimate of drug-likeness (QED) is 0.846. The van der Waals surface area contributed by atoms with Crippen molar-refractivity contribution in [3.63, 3.8) is 0 Å². The molecule has 4 rings (SSSR count). The van der Waals surface area contributed by atoms with Crippen molar-refractivity contribution >= 4 is 16.6 Å². The number of aryl methyl sites for hydroxylation is 1. The van der Waals surface area contributed by atoms with Gasteiger partial charge in [0, 0.05) is 41.0 Å². The van der Waals surface area contributed by atoms with Crippen LogP contribution < -0.4 is 10.7 Å². The average Bonchev–Trinajstić information content (AvgIpc) is 2.91. The highest BCUT2D eigenvalue weighted by Gasteiger charge is 2.41. The van der Waals surface area contributed by atoms with E-state index in [2.05, 4.69) is 92.0 Å². The molecule has 0 atom stereocenters. The molecule has 0 aliphatic carbocycles. The molecular formula is C22H31N5. The Labute approximate surface area is 162 Å². The maximum absolute atomic E-state index is 4.51. The lowest BCUT2D eigenvalue weighted by molar-refractivity contribution is 0.0795. The molecular weight excluding hydrogens is 334 g/mol. The highest BCUT2D eigenvalue weighted by Crippen LogP contribution is 2.36. The van der Waals surface area contributed by atoms with Crippen LogP contribution in [0.15, 0.2) is 42.2 Å². The summed E-state index contributed by atoms with van der Waals surface area (Å²) in [7, 11) is 1.97. The maximum Gasteiger partial charge on any atom is 0.0923 e. The minimum atomic E-state index is 0.0988. The zero-order chi connectivity index (χ0) is 19.4. The number of allylic oxidation sites excluding steroid dienone is 3. The van der Waals surface area contributed by atoms with E-state index < -0.39 is 0 Å². The fraction of sp³-hybridized carbons (Fsp3) is 0.500. The molecule has 27 heavy (non-hydrogen) atoms.